The fourth-order valence-electron chi connectivity index (χ4n) is 4.30. The largest absolute Gasteiger partial charge is 0.455 e. The van der Waals surface area contributed by atoms with Gasteiger partial charge >= 0.3 is 0 Å². The van der Waals surface area contributed by atoms with Gasteiger partial charge in [-0.1, -0.05) is 43.5 Å². The molecule has 3 atom stereocenters. The number of amides is 1. The average Bonchev–Trinajstić information content (AvgIpc) is 2.96. The lowest BCUT2D eigenvalue weighted by Crippen LogP contribution is -2.22. The van der Waals surface area contributed by atoms with Gasteiger partial charge in [-0.15, -0.1) is 0 Å². The molecule has 1 N–H and O–H groups in total. The highest BCUT2D eigenvalue weighted by Crippen LogP contribution is 2.66. The number of fused-ring (bicyclic) bond motifs is 1. The molecule has 1 heterocycles. The summed E-state index contributed by atoms with van der Waals surface area (Å²) in [6, 6.07) is 11.2. The lowest BCUT2D eigenvalue weighted by Gasteiger charge is -2.15. The van der Waals surface area contributed by atoms with E-state index in [0.29, 0.717) is 16.7 Å². The third kappa shape index (κ3) is 3.11. The van der Waals surface area contributed by atoms with Crippen molar-refractivity contribution >= 4 is 23.7 Å². The molecule has 1 aromatic heterocycles. The summed E-state index contributed by atoms with van der Waals surface area (Å²) >= 11 is 6.00. The lowest BCUT2D eigenvalue weighted by molar-refractivity contribution is -0.123. The van der Waals surface area contributed by atoms with Gasteiger partial charge in [0.05, 0.1) is 6.21 Å². The van der Waals surface area contributed by atoms with Crippen molar-refractivity contribution in [2.75, 3.05) is 0 Å². The summed E-state index contributed by atoms with van der Waals surface area (Å²) in [5, 5.41) is 4.73. The number of hydrogen-bond acceptors (Lipinski definition) is 3. The van der Waals surface area contributed by atoms with Gasteiger partial charge in [-0.25, -0.2) is 5.43 Å². The van der Waals surface area contributed by atoms with Crippen molar-refractivity contribution in [2.45, 2.75) is 32.6 Å². The molecule has 0 aliphatic heterocycles. The number of hydrogen-bond donors (Lipinski definition) is 1. The van der Waals surface area contributed by atoms with E-state index in [9.17, 15) is 4.79 Å². The van der Waals surface area contributed by atoms with Crippen LogP contribution in [0.1, 0.15) is 38.4 Å². The molecule has 4 nitrogen and oxygen atoms in total. The Labute approximate surface area is 152 Å². The van der Waals surface area contributed by atoms with Gasteiger partial charge < -0.3 is 4.42 Å². The zero-order chi connectivity index (χ0) is 17.4. The molecule has 0 bridgehead atoms. The van der Waals surface area contributed by atoms with E-state index in [0.717, 1.165) is 17.7 Å². The summed E-state index contributed by atoms with van der Waals surface area (Å²) in [6.45, 7) is 2.23. The molecule has 2 aliphatic carbocycles. The van der Waals surface area contributed by atoms with Crippen molar-refractivity contribution in [1.29, 1.82) is 0 Å². The number of halogens is 1. The van der Waals surface area contributed by atoms with Crippen molar-refractivity contribution in [1.82, 2.24) is 5.43 Å². The Balaban J connectivity index is 1.37. The maximum Gasteiger partial charge on any atom is 0.244 e. The Bertz CT molecular complexity index is 829. The predicted octanol–water partition coefficient (Wildman–Crippen LogP) is 4.88. The third-order valence-electron chi connectivity index (χ3n) is 5.72. The molecule has 2 aromatic rings. The fourth-order valence-corrected chi connectivity index (χ4v) is 4.49. The number of nitrogens with zero attached hydrogens (tertiary/aromatic N) is 1. The highest BCUT2D eigenvalue weighted by Gasteiger charge is 2.64. The second kappa shape index (κ2) is 6.34. The van der Waals surface area contributed by atoms with Crippen LogP contribution in [0.5, 0.6) is 0 Å². The predicted molar refractivity (Wildman–Crippen MR) is 98.4 cm³/mol. The molecule has 2 saturated carbocycles. The SMILES string of the molecule is C[C@]12CCCC[C@H]1[C@@H]2C(=O)N/N=C\c1ccc(-c2cccc(Cl)c2)o1. The van der Waals surface area contributed by atoms with Crippen molar-refractivity contribution in [3.8, 4) is 11.3 Å². The number of furan rings is 1. The van der Waals surface area contributed by atoms with Crippen molar-refractivity contribution in [2.24, 2.45) is 22.4 Å². The van der Waals surface area contributed by atoms with Crippen molar-refractivity contribution in [3.05, 3.63) is 47.2 Å². The first-order valence-corrected chi connectivity index (χ1v) is 9.14. The maximum absolute atomic E-state index is 12.4. The number of rotatable bonds is 4. The van der Waals surface area contributed by atoms with Crippen LogP contribution in [0, 0.1) is 17.3 Å². The minimum absolute atomic E-state index is 0.0345. The second-order valence-corrected chi connectivity index (χ2v) is 7.72. The number of nitrogens with one attached hydrogen (secondary N) is 1. The van der Waals surface area contributed by atoms with E-state index in [1.54, 1.807) is 6.21 Å². The number of carbonyl (C=O) groups excluding carboxylic acids is 1. The molecule has 5 heteroatoms. The highest BCUT2D eigenvalue weighted by molar-refractivity contribution is 6.30. The van der Waals surface area contributed by atoms with Crippen molar-refractivity contribution < 1.29 is 9.21 Å². The molecular formula is C20H21ClN2O2. The molecule has 2 fully saturated rings. The first-order valence-electron chi connectivity index (χ1n) is 8.77. The summed E-state index contributed by atoms with van der Waals surface area (Å²) in [6.07, 6.45) is 6.34. The lowest BCUT2D eigenvalue weighted by atomic mass is 9.90. The van der Waals surface area contributed by atoms with Gasteiger partial charge in [0, 0.05) is 16.5 Å². The van der Waals surface area contributed by atoms with E-state index in [-0.39, 0.29) is 17.2 Å². The molecule has 130 valence electrons. The van der Waals surface area contributed by atoms with E-state index in [4.69, 9.17) is 16.0 Å². The van der Waals surface area contributed by atoms with E-state index >= 15 is 0 Å². The zero-order valence-corrected chi connectivity index (χ0v) is 14.9. The maximum atomic E-state index is 12.4. The minimum Gasteiger partial charge on any atom is -0.455 e. The monoisotopic (exact) mass is 356 g/mol. The Morgan fingerprint density at radius 3 is 3.00 bits per heavy atom. The molecule has 0 radical (unpaired) electrons. The Hall–Kier alpha value is -2.07. The van der Waals surface area contributed by atoms with Crippen LogP contribution in [0.15, 0.2) is 45.9 Å². The Morgan fingerprint density at radius 2 is 2.24 bits per heavy atom. The molecule has 0 spiro atoms. The summed E-state index contributed by atoms with van der Waals surface area (Å²) in [7, 11) is 0. The van der Waals surface area contributed by atoms with Gasteiger partial charge in [-0.2, -0.15) is 5.10 Å². The molecule has 0 unspecified atom stereocenters. The fraction of sp³-hybridized carbons (Fsp3) is 0.400. The summed E-state index contributed by atoms with van der Waals surface area (Å²) < 4.78 is 5.74. The van der Waals surface area contributed by atoms with E-state index in [1.807, 2.05) is 36.4 Å². The van der Waals surface area contributed by atoms with Gasteiger partial charge in [0.25, 0.3) is 0 Å². The van der Waals surface area contributed by atoms with Gasteiger partial charge in [0.1, 0.15) is 11.5 Å². The van der Waals surface area contributed by atoms with E-state index in [2.05, 4.69) is 17.5 Å². The molecule has 25 heavy (non-hydrogen) atoms. The quantitative estimate of drug-likeness (QED) is 0.627. The smallest absolute Gasteiger partial charge is 0.244 e. The molecule has 1 aromatic carbocycles. The molecule has 2 aliphatic rings. The highest BCUT2D eigenvalue weighted by atomic mass is 35.5. The Morgan fingerprint density at radius 1 is 1.36 bits per heavy atom. The van der Waals surface area contributed by atoms with Crippen LogP contribution in [0.3, 0.4) is 0 Å². The zero-order valence-electron chi connectivity index (χ0n) is 14.2. The normalized spacial score (nSPS) is 27.9. The number of hydrazone groups is 1. The molecule has 0 saturated heterocycles. The summed E-state index contributed by atoms with van der Waals surface area (Å²) in [5.41, 5.74) is 3.79. The first kappa shape index (κ1) is 16.4. The van der Waals surface area contributed by atoms with Gasteiger partial charge in [0.2, 0.25) is 5.91 Å². The third-order valence-corrected chi connectivity index (χ3v) is 5.95. The molecule has 4 rings (SSSR count). The summed E-state index contributed by atoms with van der Waals surface area (Å²) in [4.78, 5) is 12.4. The van der Waals surface area contributed by atoms with Gasteiger partial charge in [-0.3, -0.25) is 4.79 Å². The topological polar surface area (TPSA) is 54.6 Å². The number of carbonyl (C=O) groups is 1. The van der Waals surface area contributed by atoms with Crippen LogP contribution in [0.4, 0.5) is 0 Å². The van der Waals surface area contributed by atoms with Crippen LogP contribution in [0.2, 0.25) is 5.02 Å². The van der Waals surface area contributed by atoms with Gasteiger partial charge in [-0.05, 0) is 48.4 Å². The number of benzene rings is 1. The van der Waals surface area contributed by atoms with Crippen LogP contribution in [0.25, 0.3) is 11.3 Å². The van der Waals surface area contributed by atoms with E-state index in [1.165, 1.54) is 19.3 Å². The van der Waals surface area contributed by atoms with Crippen LogP contribution in [-0.4, -0.2) is 12.1 Å². The molecular weight excluding hydrogens is 336 g/mol. The van der Waals surface area contributed by atoms with Crippen molar-refractivity contribution in [3.63, 3.8) is 0 Å². The minimum atomic E-state index is 0.0345. The average molecular weight is 357 g/mol. The first-order chi connectivity index (χ1) is 12.1. The summed E-state index contributed by atoms with van der Waals surface area (Å²) in [5.74, 6) is 2.00. The standard InChI is InChI=1S/C20H21ClN2O2/c1-20-10-3-2-7-16(20)18(20)19(24)23-22-12-15-8-9-17(25-15)13-5-4-6-14(21)11-13/h4-6,8-9,11-12,16,18H,2-3,7,10H2,1H3,(H,23,24)/b22-12-/t16-,18+,20-/m0/s1. The Kier molecular flexibility index (Phi) is 4.16. The second-order valence-electron chi connectivity index (χ2n) is 7.28. The van der Waals surface area contributed by atoms with E-state index < -0.39 is 0 Å². The van der Waals surface area contributed by atoms with Gasteiger partial charge in [0.15, 0.2) is 0 Å². The van der Waals surface area contributed by atoms with Crippen LogP contribution in [-0.2, 0) is 4.79 Å². The molecule has 1 amide bonds. The van der Waals surface area contributed by atoms with Crippen LogP contribution >= 0.6 is 11.6 Å². The van der Waals surface area contributed by atoms with Crippen LogP contribution < -0.4 is 5.43 Å².